The summed E-state index contributed by atoms with van der Waals surface area (Å²) in [6, 6.07) is 12.1. The molecule has 39 heavy (non-hydrogen) atoms. The highest BCUT2D eigenvalue weighted by molar-refractivity contribution is 5.95. The number of carbonyl (C=O) groups is 1. The van der Waals surface area contributed by atoms with Crippen LogP contribution < -0.4 is 23.7 Å². The van der Waals surface area contributed by atoms with E-state index in [1.807, 2.05) is 12.1 Å². The topological polar surface area (TPSA) is 72.5 Å². The van der Waals surface area contributed by atoms with Gasteiger partial charge in [-0.05, 0) is 70.6 Å². The first-order valence-corrected chi connectivity index (χ1v) is 12.1. The zero-order valence-electron chi connectivity index (χ0n) is 21.0. The van der Waals surface area contributed by atoms with Crippen LogP contribution in [0.15, 0.2) is 59.7 Å². The molecule has 0 fully saturated rings. The average Bonchev–Trinajstić information content (AvgIpc) is 3.54. The highest BCUT2D eigenvalue weighted by atomic mass is 19.4. The van der Waals surface area contributed by atoms with Gasteiger partial charge in [0, 0.05) is 5.92 Å². The monoisotopic (exact) mass is 540 g/mol. The van der Waals surface area contributed by atoms with Crippen LogP contribution >= 0.6 is 0 Å². The van der Waals surface area contributed by atoms with Gasteiger partial charge in [0.2, 0.25) is 12.5 Å². The van der Waals surface area contributed by atoms with Gasteiger partial charge in [0.1, 0.15) is 13.2 Å². The summed E-state index contributed by atoms with van der Waals surface area (Å²) in [5.74, 6) is 1.39. The van der Waals surface area contributed by atoms with Crippen LogP contribution in [-0.2, 0) is 28.7 Å². The van der Waals surface area contributed by atoms with E-state index in [2.05, 4.69) is 0 Å². The number of esters is 1. The summed E-state index contributed by atoms with van der Waals surface area (Å²) in [5.41, 5.74) is 3.89. The average molecular weight is 540 g/mol. The molecule has 2 aliphatic heterocycles. The fourth-order valence-electron chi connectivity index (χ4n) is 5.23. The van der Waals surface area contributed by atoms with Crippen molar-refractivity contribution in [2.45, 2.75) is 25.1 Å². The van der Waals surface area contributed by atoms with Gasteiger partial charge in [-0.15, -0.1) is 0 Å². The number of carbonyl (C=O) groups excluding carboxylic acids is 1. The number of hydrogen-bond donors (Lipinski definition) is 0. The molecule has 0 bridgehead atoms. The van der Waals surface area contributed by atoms with Gasteiger partial charge in [0.25, 0.3) is 0 Å². The number of fused-ring (bicyclic) bond motifs is 2. The molecule has 6 rings (SSSR count). The van der Waals surface area contributed by atoms with E-state index >= 15 is 0 Å². The Balaban J connectivity index is 1.38. The van der Waals surface area contributed by atoms with Crippen molar-refractivity contribution in [1.82, 2.24) is 0 Å². The first-order chi connectivity index (χ1) is 18.8. The van der Waals surface area contributed by atoms with Crippen LogP contribution in [0.3, 0.4) is 0 Å². The lowest BCUT2D eigenvalue weighted by atomic mass is 9.75. The van der Waals surface area contributed by atoms with Gasteiger partial charge in [0.05, 0.1) is 25.4 Å². The molecule has 3 aromatic rings. The smallest absolute Gasteiger partial charge is 0.416 e. The van der Waals surface area contributed by atoms with Gasteiger partial charge in [-0.2, -0.15) is 13.2 Å². The van der Waals surface area contributed by atoms with Crippen molar-refractivity contribution in [3.8, 4) is 28.7 Å². The number of alkyl halides is 3. The van der Waals surface area contributed by atoms with E-state index in [1.165, 1.54) is 26.4 Å². The molecule has 2 heterocycles. The summed E-state index contributed by atoms with van der Waals surface area (Å²) < 4.78 is 72.6. The van der Waals surface area contributed by atoms with E-state index in [-0.39, 0.29) is 31.7 Å². The number of cyclic esters (lactones) is 1. The number of methoxy groups -OCH3 is 2. The fourth-order valence-corrected chi connectivity index (χ4v) is 5.23. The highest BCUT2D eigenvalue weighted by Gasteiger charge is 2.40. The van der Waals surface area contributed by atoms with E-state index in [9.17, 15) is 18.0 Å². The van der Waals surface area contributed by atoms with Gasteiger partial charge < -0.3 is 28.4 Å². The summed E-state index contributed by atoms with van der Waals surface area (Å²) in [6.45, 7) is 0.341. The Labute approximate surface area is 221 Å². The number of hydrogen-bond acceptors (Lipinski definition) is 7. The van der Waals surface area contributed by atoms with Crippen molar-refractivity contribution in [2.75, 3.05) is 27.6 Å². The third kappa shape index (κ3) is 4.39. The third-order valence-corrected chi connectivity index (χ3v) is 7.10. The van der Waals surface area contributed by atoms with Crippen LogP contribution in [0, 0.1) is 0 Å². The van der Waals surface area contributed by atoms with E-state index in [1.54, 1.807) is 12.1 Å². The summed E-state index contributed by atoms with van der Waals surface area (Å²) >= 11 is 0. The molecule has 3 aliphatic rings. The second kappa shape index (κ2) is 9.44. The van der Waals surface area contributed by atoms with E-state index in [0.717, 1.165) is 34.4 Å². The van der Waals surface area contributed by atoms with Crippen molar-refractivity contribution in [3.05, 3.63) is 87.5 Å². The standard InChI is InChI=1S/C29H23F3O7/c1-34-23-9-17(10-24(35-2)27(23)36-12-15-3-5-19(6-4-15)29(30,31)32)25-20-11-22-21(38-14-39-22)8-16(20)7-18-13-37-28(33)26(18)25/h3-6,8-11,25H,7,12-14H2,1-2H3. The first kappa shape index (κ1) is 25.0. The molecule has 0 saturated carbocycles. The van der Waals surface area contributed by atoms with E-state index in [0.29, 0.717) is 40.6 Å². The Morgan fingerprint density at radius 2 is 1.59 bits per heavy atom. The molecule has 0 amide bonds. The number of ether oxygens (including phenoxy) is 6. The summed E-state index contributed by atoms with van der Waals surface area (Å²) in [5, 5.41) is 0. The molecule has 0 saturated heterocycles. The number of rotatable bonds is 6. The van der Waals surface area contributed by atoms with E-state index < -0.39 is 17.7 Å². The lowest BCUT2D eigenvalue weighted by molar-refractivity contribution is -0.138. The van der Waals surface area contributed by atoms with E-state index in [4.69, 9.17) is 28.4 Å². The second-order valence-corrected chi connectivity index (χ2v) is 9.35. The Bertz CT molecular complexity index is 1470. The van der Waals surface area contributed by atoms with Gasteiger partial charge in [0.15, 0.2) is 23.0 Å². The summed E-state index contributed by atoms with van der Waals surface area (Å²) in [6.07, 6.45) is -3.86. The van der Waals surface area contributed by atoms with Crippen molar-refractivity contribution < 1.29 is 46.4 Å². The summed E-state index contributed by atoms with van der Waals surface area (Å²) in [4.78, 5) is 12.9. The van der Waals surface area contributed by atoms with Crippen LogP contribution in [0.2, 0.25) is 0 Å². The van der Waals surface area contributed by atoms with Crippen LogP contribution in [0.1, 0.15) is 33.7 Å². The first-order valence-electron chi connectivity index (χ1n) is 12.1. The molecular formula is C29H23F3O7. The Kier molecular flexibility index (Phi) is 6.05. The van der Waals surface area contributed by atoms with Gasteiger partial charge >= 0.3 is 12.1 Å². The van der Waals surface area contributed by atoms with Crippen molar-refractivity contribution in [3.63, 3.8) is 0 Å². The molecule has 1 aliphatic carbocycles. The minimum atomic E-state index is -4.42. The highest BCUT2D eigenvalue weighted by Crippen LogP contribution is 2.50. The number of benzene rings is 3. The predicted octanol–water partition coefficient (Wildman–Crippen LogP) is 5.57. The van der Waals surface area contributed by atoms with Crippen molar-refractivity contribution >= 4 is 5.97 Å². The van der Waals surface area contributed by atoms with Crippen LogP contribution in [-0.4, -0.2) is 33.6 Å². The zero-order chi connectivity index (χ0) is 27.3. The van der Waals surface area contributed by atoms with Crippen LogP contribution in [0.25, 0.3) is 0 Å². The van der Waals surface area contributed by atoms with Gasteiger partial charge in [-0.25, -0.2) is 4.79 Å². The Morgan fingerprint density at radius 3 is 2.23 bits per heavy atom. The fraction of sp³-hybridized carbons (Fsp3) is 0.276. The number of halogens is 3. The molecule has 0 N–H and O–H groups in total. The van der Waals surface area contributed by atoms with Gasteiger partial charge in [-0.3, -0.25) is 0 Å². The van der Waals surface area contributed by atoms with Crippen LogP contribution in [0.4, 0.5) is 13.2 Å². The molecule has 1 atom stereocenters. The second-order valence-electron chi connectivity index (χ2n) is 9.35. The molecule has 7 nitrogen and oxygen atoms in total. The Morgan fingerprint density at radius 1 is 0.923 bits per heavy atom. The predicted molar refractivity (Wildman–Crippen MR) is 131 cm³/mol. The molecule has 10 heteroatoms. The molecule has 3 aromatic carbocycles. The largest absolute Gasteiger partial charge is 0.493 e. The van der Waals surface area contributed by atoms with Crippen molar-refractivity contribution in [1.29, 1.82) is 0 Å². The molecule has 1 unspecified atom stereocenters. The summed E-state index contributed by atoms with van der Waals surface area (Å²) in [7, 11) is 2.95. The quantitative estimate of drug-likeness (QED) is 0.379. The zero-order valence-corrected chi connectivity index (χ0v) is 21.0. The lowest BCUT2D eigenvalue weighted by Gasteiger charge is -2.28. The van der Waals surface area contributed by atoms with Crippen molar-refractivity contribution in [2.24, 2.45) is 0 Å². The maximum atomic E-state index is 12.9. The lowest BCUT2D eigenvalue weighted by Crippen LogP contribution is -2.18. The third-order valence-electron chi connectivity index (χ3n) is 7.10. The molecule has 0 aromatic heterocycles. The maximum Gasteiger partial charge on any atom is 0.416 e. The maximum absolute atomic E-state index is 12.9. The molecule has 202 valence electrons. The minimum Gasteiger partial charge on any atom is -0.493 e. The van der Waals surface area contributed by atoms with Crippen LogP contribution in [0.5, 0.6) is 28.7 Å². The molecule has 0 spiro atoms. The molecule has 0 radical (unpaired) electrons. The minimum absolute atomic E-state index is 0.0123. The normalized spacial score (nSPS) is 17.5. The van der Waals surface area contributed by atoms with Gasteiger partial charge in [-0.1, -0.05) is 12.1 Å². The Hall–Kier alpha value is -4.34. The molecular weight excluding hydrogens is 517 g/mol. The SMILES string of the molecule is COc1cc(C2C3=C(COC3=O)Cc3cc4c(cc32)OCO4)cc(OC)c1OCc1ccc(C(F)(F)F)cc1.